The van der Waals surface area contributed by atoms with Gasteiger partial charge in [0.25, 0.3) is 10.0 Å². The van der Waals surface area contributed by atoms with E-state index in [0.717, 1.165) is 0 Å². The molecule has 0 radical (unpaired) electrons. The second-order valence-corrected chi connectivity index (χ2v) is 5.58. The predicted molar refractivity (Wildman–Crippen MR) is 77.6 cm³/mol. The van der Waals surface area contributed by atoms with Gasteiger partial charge in [-0.2, -0.15) is 0 Å². The number of sulfonamides is 1. The van der Waals surface area contributed by atoms with Gasteiger partial charge in [0.15, 0.2) is 0 Å². The highest BCUT2D eigenvalue weighted by atomic mass is 32.2. The number of ether oxygens (including phenoxy) is 1. The quantitative estimate of drug-likeness (QED) is 0.880. The normalized spacial score (nSPS) is 10.9. The van der Waals surface area contributed by atoms with Crippen molar-refractivity contribution in [1.29, 1.82) is 0 Å². The van der Waals surface area contributed by atoms with E-state index in [1.165, 1.54) is 19.5 Å². The molecule has 0 spiro atoms. The van der Waals surface area contributed by atoms with Crippen molar-refractivity contribution in [3.05, 3.63) is 42.7 Å². The molecule has 0 aliphatic heterocycles. The lowest BCUT2D eigenvalue weighted by Crippen LogP contribution is -2.15. The van der Waals surface area contributed by atoms with Gasteiger partial charge in [0.1, 0.15) is 10.6 Å². The van der Waals surface area contributed by atoms with E-state index in [4.69, 9.17) is 4.74 Å². The molecule has 6 nitrogen and oxygen atoms in total. The number of para-hydroxylation sites is 2. The van der Waals surface area contributed by atoms with Gasteiger partial charge in [-0.25, -0.2) is 8.42 Å². The van der Waals surface area contributed by atoms with E-state index in [-0.39, 0.29) is 4.90 Å². The monoisotopic (exact) mass is 293 g/mol. The van der Waals surface area contributed by atoms with E-state index in [1.54, 1.807) is 37.4 Å². The van der Waals surface area contributed by atoms with Gasteiger partial charge in [-0.15, -0.1) is 0 Å². The Bertz CT molecular complexity index is 702. The van der Waals surface area contributed by atoms with E-state index >= 15 is 0 Å². The molecule has 0 aliphatic carbocycles. The summed E-state index contributed by atoms with van der Waals surface area (Å²) in [6.07, 6.45) is 2.82. The largest absolute Gasteiger partial charge is 0.495 e. The Kier molecular flexibility index (Phi) is 4.09. The maximum absolute atomic E-state index is 12.4. The first-order chi connectivity index (χ1) is 9.58. The molecular formula is C13H15N3O3S. The lowest BCUT2D eigenvalue weighted by Gasteiger charge is -2.13. The number of nitrogens with one attached hydrogen (secondary N) is 2. The van der Waals surface area contributed by atoms with Gasteiger partial charge < -0.3 is 10.1 Å². The van der Waals surface area contributed by atoms with Gasteiger partial charge in [0.05, 0.1) is 18.5 Å². The van der Waals surface area contributed by atoms with Crippen molar-refractivity contribution in [3.8, 4) is 5.75 Å². The van der Waals surface area contributed by atoms with E-state index in [2.05, 4.69) is 15.0 Å². The lowest BCUT2D eigenvalue weighted by molar-refractivity contribution is 0.417. The summed E-state index contributed by atoms with van der Waals surface area (Å²) in [7, 11) is -0.611. The molecule has 0 saturated carbocycles. The van der Waals surface area contributed by atoms with Crippen LogP contribution in [0.1, 0.15) is 0 Å². The summed E-state index contributed by atoms with van der Waals surface area (Å²) in [6, 6.07) is 8.39. The summed E-state index contributed by atoms with van der Waals surface area (Å²) in [4.78, 5) is 3.93. The molecule has 7 heteroatoms. The Labute approximate surface area is 117 Å². The van der Waals surface area contributed by atoms with Crippen molar-refractivity contribution >= 4 is 21.4 Å². The summed E-state index contributed by atoms with van der Waals surface area (Å²) < 4.78 is 32.4. The minimum atomic E-state index is -3.74. The molecule has 0 atom stereocenters. The van der Waals surface area contributed by atoms with E-state index in [9.17, 15) is 8.42 Å². The van der Waals surface area contributed by atoms with Crippen molar-refractivity contribution in [1.82, 2.24) is 4.98 Å². The van der Waals surface area contributed by atoms with Gasteiger partial charge in [-0.1, -0.05) is 12.1 Å². The first-order valence-corrected chi connectivity index (χ1v) is 7.34. The Hall–Kier alpha value is -2.28. The lowest BCUT2D eigenvalue weighted by atomic mass is 10.3. The molecule has 0 fully saturated rings. The minimum absolute atomic E-state index is 0.0772. The molecule has 1 heterocycles. The molecule has 1 aromatic carbocycles. The molecule has 2 rings (SSSR count). The number of methoxy groups -OCH3 is 1. The van der Waals surface area contributed by atoms with Crippen LogP contribution in [0.25, 0.3) is 0 Å². The van der Waals surface area contributed by atoms with Gasteiger partial charge in [-0.3, -0.25) is 9.71 Å². The smallest absolute Gasteiger partial charge is 0.265 e. The van der Waals surface area contributed by atoms with E-state index in [1.807, 2.05) is 0 Å². The number of aromatic nitrogens is 1. The van der Waals surface area contributed by atoms with Crippen LogP contribution in [0.4, 0.5) is 11.4 Å². The first-order valence-electron chi connectivity index (χ1n) is 5.86. The number of benzene rings is 1. The fourth-order valence-corrected chi connectivity index (χ4v) is 2.96. The van der Waals surface area contributed by atoms with Gasteiger partial charge in [-0.05, 0) is 18.2 Å². The predicted octanol–water partition coefficient (Wildman–Crippen LogP) is 1.93. The van der Waals surface area contributed by atoms with Crippen LogP contribution in [0.2, 0.25) is 0 Å². The zero-order chi connectivity index (χ0) is 14.6. The molecule has 0 aliphatic rings. The zero-order valence-corrected chi connectivity index (χ0v) is 11.9. The first kappa shape index (κ1) is 14.1. The van der Waals surface area contributed by atoms with Crippen molar-refractivity contribution in [2.75, 3.05) is 24.2 Å². The van der Waals surface area contributed by atoms with Crippen molar-refractivity contribution in [3.63, 3.8) is 0 Å². The molecule has 20 heavy (non-hydrogen) atoms. The molecule has 0 saturated heterocycles. The fraction of sp³-hybridized carbons (Fsp3) is 0.154. The van der Waals surface area contributed by atoms with Gasteiger partial charge >= 0.3 is 0 Å². The molecule has 2 aromatic rings. The Balaban J connectivity index is 2.41. The molecule has 0 amide bonds. The number of rotatable bonds is 5. The molecular weight excluding hydrogens is 278 g/mol. The topological polar surface area (TPSA) is 80.3 Å². The van der Waals surface area contributed by atoms with Crippen molar-refractivity contribution < 1.29 is 13.2 Å². The molecule has 2 N–H and O–H groups in total. The van der Waals surface area contributed by atoms with E-state index < -0.39 is 10.0 Å². The second-order valence-electron chi connectivity index (χ2n) is 3.93. The summed E-state index contributed by atoms with van der Waals surface area (Å²) in [6.45, 7) is 0. The third kappa shape index (κ3) is 2.83. The SMILES string of the molecule is CNc1ccncc1S(=O)(=O)Nc1ccccc1OC. The summed E-state index contributed by atoms with van der Waals surface area (Å²) >= 11 is 0. The average molecular weight is 293 g/mol. The van der Waals surface area contributed by atoms with E-state index in [0.29, 0.717) is 17.1 Å². The standard InChI is InChI=1S/C13H15N3O3S/c1-14-11-7-8-15-9-13(11)20(17,18)16-10-5-3-4-6-12(10)19-2/h3-9,16H,1-2H3,(H,14,15). The van der Waals surface area contributed by atoms with Crippen LogP contribution in [0.5, 0.6) is 5.75 Å². The highest BCUT2D eigenvalue weighted by Gasteiger charge is 2.19. The number of nitrogens with zero attached hydrogens (tertiary/aromatic N) is 1. The number of hydrogen-bond acceptors (Lipinski definition) is 5. The van der Waals surface area contributed by atoms with Crippen LogP contribution in [0.15, 0.2) is 47.6 Å². The van der Waals surface area contributed by atoms with Crippen molar-refractivity contribution in [2.45, 2.75) is 4.90 Å². The third-order valence-corrected chi connectivity index (χ3v) is 4.09. The fourth-order valence-electron chi connectivity index (χ4n) is 1.73. The van der Waals surface area contributed by atoms with Crippen LogP contribution in [0.3, 0.4) is 0 Å². The molecule has 1 aromatic heterocycles. The third-order valence-electron chi connectivity index (χ3n) is 2.69. The minimum Gasteiger partial charge on any atom is -0.495 e. The number of anilines is 2. The van der Waals surface area contributed by atoms with Gasteiger partial charge in [0.2, 0.25) is 0 Å². The van der Waals surface area contributed by atoms with Crippen LogP contribution < -0.4 is 14.8 Å². The molecule has 106 valence electrons. The molecule has 0 unspecified atom stereocenters. The average Bonchev–Trinajstić information content (AvgIpc) is 2.47. The van der Waals surface area contributed by atoms with Gasteiger partial charge in [0, 0.05) is 19.4 Å². The molecule has 0 bridgehead atoms. The van der Waals surface area contributed by atoms with Crippen LogP contribution in [-0.2, 0) is 10.0 Å². The summed E-state index contributed by atoms with van der Waals surface area (Å²) in [5.41, 5.74) is 0.850. The van der Waals surface area contributed by atoms with Crippen LogP contribution >= 0.6 is 0 Å². The Morgan fingerprint density at radius 1 is 1.15 bits per heavy atom. The second kappa shape index (κ2) is 5.79. The van der Waals surface area contributed by atoms with Crippen molar-refractivity contribution in [2.24, 2.45) is 0 Å². The van der Waals surface area contributed by atoms with Crippen LogP contribution in [-0.4, -0.2) is 27.6 Å². The Morgan fingerprint density at radius 2 is 1.90 bits per heavy atom. The highest BCUT2D eigenvalue weighted by molar-refractivity contribution is 7.92. The maximum atomic E-state index is 12.4. The Morgan fingerprint density at radius 3 is 2.60 bits per heavy atom. The number of hydrogen-bond donors (Lipinski definition) is 2. The zero-order valence-electron chi connectivity index (χ0n) is 11.1. The summed E-state index contributed by atoms with van der Waals surface area (Å²) in [5, 5.41) is 2.83. The summed E-state index contributed by atoms with van der Waals surface area (Å²) in [5.74, 6) is 0.450. The highest BCUT2D eigenvalue weighted by Crippen LogP contribution is 2.28. The van der Waals surface area contributed by atoms with Crippen LogP contribution in [0, 0.1) is 0 Å². The number of pyridine rings is 1. The maximum Gasteiger partial charge on any atom is 0.265 e.